The number of nitrogens with one attached hydrogen (secondary N) is 1. The molecule has 0 aliphatic carbocycles. The van der Waals surface area contributed by atoms with E-state index in [4.69, 9.17) is 5.73 Å². The second kappa shape index (κ2) is 4.93. The molecule has 1 amide bonds. The van der Waals surface area contributed by atoms with Crippen molar-refractivity contribution in [3.05, 3.63) is 42.1 Å². The Balaban J connectivity index is 1.93. The van der Waals surface area contributed by atoms with Crippen molar-refractivity contribution in [2.24, 2.45) is 0 Å². The van der Waals surface area contributed by atoms with E-state index in [0.717, 1.165) is 27.6 Å². The Bertz CT molecular complexity index is 628. The minimum absolute atomic E-state index is 0.0528. The van der Waals surface area contributed by atoms with Crippen LogP contribution in [-0.4, -0.2) is 10.9 Å². The maximum absolute atomic E-state index is 11.3. The van der Waals surface area contributed by atoms with Crippen LogP contribution in [0.15, 0.2) is 46.5 Å². The molecule has 0 fully saturated rings. The Morgan fingerprint density at radius 2 is 2.16 bits per heavy atom. The van der Waals surface area contributed by atoms with Crippen LogP contribution in [-0.2, 0) is 11.2 Å². The summed E-state index contributed by atoms with van der Waals surface area (Å²) in [6.07, 6.45) is 3.05. The predicted molar refractivity (Wildman–Crippen MR) is 76.2 cm³/mol. The molecule has 96 valence electrons. The standard InChI is InChI=1S/C14H13N3OS/c15-10-8-11-9(4-5-13(18)17-11)7-12(10)19-14-3-1-2-6-16-14/h1-3,6-8H,4-5,15H2,(H,17,18). The van der Waals surface area contributed by atoms with Crippen LogP contribution >= 0.6 is 11.8 Å². The zero-order valence-electron chi connectivity index (χ0n) is 10.2. The van der Waals surface area contributed by atoms with Gasteiger partial charge in [-0.15, -0.1) is 0 Å². The molecule has 0 saturated carbocycles. The van der Waals surface area contributed by atoms with Gasteiger partial charge in [-0.05, 0) is 36.2 Å². The first-order valence-electron chi connectivity index (χ1n) is 6.03. The lowest BCUT2D eigenvalue weighted by Gasteiger charge is -2.18. The molecule has 19 heavy (non-hydrogen) atoms. The van der Waals surface area contributed by atoms with Crippen LogP contribution in [0.2, 0.25) is 0 Å². The molecular formula is C14H13N3OS. The van der Waals surface area contributed by atoms with Gasteiger partial charge < -0.3 is 11.1 Å². The summed E-state index contributed by atoms with van der Waals surface area (Å²) in [6, 6.07) is 9.66. The molecule has 0 spiro atoms. The summed E-state index contributed by atoms with van der Waals surface area (Å²) in [5.74, 6) is 0.0528. The van der Waals surface area contributed by atoms with Gasteiger partial charge in [0.15, 0.2) is 0 Å². The SMILES string of the molecule is Nc1cc2c(cc1Sc1ccccn1)CCC(=O)N2. The topological polar surface area (TPSA) is 68.0 Å². The highest BCUT2D eigenvalue weighted by Crippen LogP contribution is 2.36. The number of pyridine rings is 1. The van der Waals surface area contributed by atoms with E-state index in [2.05, 4.69) is 10.3 Å². The van der Waals surface area contributed by atoms with Crippen LogP contribution in [0.1, 0.15) is 12.0 Å². The normalized spacial score (nSPS) is 13.8. The zero-order chi connectivity index (χ0) is 13.2. The van der Waals surface area contributed by atoms with E-state index in [1.165, 1.54) is 11.8 Å². The number of nitrogens with two attached hydrogens (primary N) is 1. The first-order valence-corrected chi connectivity index (χ1v) is 6.85. The molecule has 2 heterocycles. The third-order valence-electron chi connectivity index (χ3n) is 2.98. The second-order valence-corrected chi connectivity index (χ2v) is 5.43. The predicted octanol–water partition coefficient (Wildman–Crippen LogP) is 2.70. The van der Waals surface area contributed by atoms with Crippen LogP contribution in [0.3, 0.4) is 0 Å². The fourth-order valence-corrected chi connectivity index (χ4v) is 2.89. The number of aromatic nitrogens is 1. The lowest BCUT2D eigenvalue weighted by molar-refractivity contribution is -0.116. The molecule has 3 N–H and O–H groups in total. The number of carbonyl (C=O) groups is 1. The lowest BCUT2D eigenvalue weighted by atomic mass is 10.0. The van der Waals surface area contributed by atoms with Gasteiger partial charge >= 0.3 is 0 Å². The fourth-order valence-electron chi connectivity index (χ4n) is 2.03. The molecule has 5 heteroatoms. The molecule has 1 aromatic heterocycles. The molecule has 0 saturated heterocycles. The van der Waals surface area contributed by atoms with E-state index in [0.29, 0.717) is 12.1 Å². The molecule has 1 aliphatic heterocycles. The highest BCUT2D eigenvalue weighted by Gasteiger charge is 2.17. The van der Waals surface area contributed by atoms with Crippen LogP contribution < -0.4 is 11.1 Å². The molecule has 0 bridgehead atoms. The van der Waals surface area contributed by atoms with Crippen molar-refractivity contribution in [3.8, 4) is 0 Å². The van der Waals surface area contributed by atoms with Crippen molar-refractivity contribution in [3.63, 3.8) is 0 Å². The number of nitrogens with zero attached hydrogens (tertiary/aromatic N) is 1. The molecule has 0 unspecified atom stereocenters. The quantitative estimate of drug-likeness (QED) is 0.824. The van der Waals surface area contributed by atoms with Gasteiger partial charge in [-0.3, -0.25) is 4.79 Å². The van der Waals surface area contributed by atoms with Gasteiger partial charge in [0.1, 0.15) is 5.03 Å². The van der Waals surface area contributed by atoms with Gasteiger partial charge in [-0.1, -0.05) is 17.8 Å². The Hall–Kier alpha value is -2.01. The van der Waals surface area contributed by atoms with Gasteiger partial charge in [0.25, 0.3) is 0 Å². The average molecular weight is 271 g/mol. The number of hydrogen-bond acceptors (Lipinski definition) is 4. The summed E-state index contributed by atoms with van der Waals surface area (Å²) < 4.78 is 0. The molecular weight excluding hydrogens is 258 g/mol. The third-order valence-corrected chi connectivity index (χ3v) is 4.01. The average Bonchev–Trinajstić information content (AvgIpc) is 2.41. The van der Waals surface area contributed by atoms with E-state index in [1.54, 1.807) is 6.20 Å². The molecule has 4 nitrogen and oxygen atoms in total. The first-order chi connectivity index (χ1) is 9.22. The second-order valence-electron chi connectivity index (χ2n) is 4.37. The van der Waals surface area contributed by atoms with Gasteiger partial charge in [0.05, 0.1) is 0 Å². The molecule has 2 aromatic rings. The molecule has 1 aromatic carbocycles. The third kappa shape index (κ3) is 2.56. The first kappa shape index (κ1) is 12.0. The van der Waals surface area contributed by atoms with Crippen LogP contribution in [0.5, 0.6) is 0 Å². The van der Waals surface area contributed by atoms with E-state index in [-0.39, 0.29) is 5.91 Å². The van der Waals surface area contributed by atoms with Crippen LogP contribution in [0.4, 0.5) is 11.4 Å². The van der Waals surface area contributed by atoms with Crippen LogP contribution in [0, 0.1) is 0 Å². The van der Waals surface area contributed by atoms with Crippen molar-refractivity contribution in [1.82, 2.24) is 4.98 Å². The molecule has 0 atom stereocenters. The maximum Gasteiger partial charge on any atom is 0.224 e. The summed E-state index contributed by atoms with van der Waals surface area (Å²) in [7, 11) is 0. The zero-order valence-corrected chi connectivity index (χ0v) is 11.0. The van der Waals surface area contributed by atoms with Crippen molar-refractivity contribution < 1.29 is 4.79 Å². The Labute approximate surface area is 115 Å². The minimum Gasteiger partial charge on any atom is -0.398 e. The van der Waals surface area contributed by atoms with E-state index >= 15 is 0 Å². The van der Waals surface area contributed by atoms with Crippen LogP contribution in [0.25, 0.3) is 0 Å². The number of benzene rings is 1. The fraction of sp³-hybridized carbons (Fsp3) is 0.143. The van der Waals surface area contributed by atoms with Crippen molar-refractivity contribution in [2.75, 3.05) is 11.1 Å². The number of fused-ring (bicyclic) bond motifs is 1. The summed E-state index contributed by atoms with van der Waals surface area (Å²) >= 11 is 1.54. The number of carbonyl (C=O) groups excluding carboxylic acids is 1. The number of rotatable bonds is 2. The van der Waals surface area contributed by atoms with Crippen molar-refractivity contribution in [1.29, 1.82) is 0 Å². The number of anilines is 2. The smallest absolute Gasteiger partial charge is 0.224 e. The molecule has 3 rings (SSSR count). The van der Waals surface area contributed by atoms with Gasteiger partial charge in [0, 0.05) is 28.9 Å². The summed E-state index contributed by atoms with van der Waals surface area (Å²) in [4.78, 5) is 16.6. The Morgan fingerprint density at radius 3 is 2.95 bits per heavy atom. The van der Waals surface area contributed by atoms with E-state index in [1.807, 2.05) is 30.3 Å². The highest BCUT2D eigenvalue weighted by molar-refractivity contribution is 7.99. The summed E-state index contributed by atoms with van der Waals surface area (Å²) in [5, 5.41) is 3.76. The monoisotopic (exact) mass is 271 g/mol. The number of nitrogen functional groups attached to an aromatic ring is 1. The van der Waals surface area contributed by atoms with E-state index in [9.17, 15) is 4.79 Å². The van der Waals surface area contributed by atoms with Gasteiger partial charge in [-0.2, -0.15) is 0 Å². The Kier molecular flexibility index (Phi) is 3.13. The Morgan fingerprint density at radius 1 is 1.26 bits per heavy atom. The number of aryl methyl sites for hydroxylation is 1. The minimum atomic E-state index is 0.0528. The lowest BCUT2D eigenvalue weighted by Crippen LogP contribution is -2.19. The molecule has 0 radical (unpaired) electrons. The van der Waals surface area contributed by atoms with Gasteiger partial charge in [0.2, 0.25) is 5.91 Å². The van der Waals surface area contributed by atoms with Crippen molar-refractivity contribution in [2.45, 2.75) is 22.8 Å². The summed E-state index contributed by atoms with van der Waals surface area (Å²) in [5.41, 5.74) is 8.67. The van der Waals surface area contributed by atoms with Gasteiger partial charge in [-0.25, -0.2) is 4.98 Å². The number of amides is 1. The highest BCUT2D eigenvalue weighted by atomic mass is 32.2. The largest absolute Gasteiger partial charge is 0.398 e. The van der Waals surface area contributed by atoms with Crippen molar-refractivity contribution >= 4 is 29.0 Å². The summed E-state index contributed by atoms with van der Waals surface area (Å²) in [6.45, 7) is 0. The maximum atomic E-state index is 11.3. The number of hydrogen-bond donors (Lipinski definition) is 2. The van der Waals surface area contributed by atoms with E-state index < -0.39 is 0 Å². The molecule has 1 aliphatic rings.